The summed E-state index contributed by atoms with van der Waals surface area (Å²) < 4.78 is 6.88. The molecule has 2 aromatic rings. The molecule has 0 saturated heterocycles. The maximum Gasteiger partial charge on any atom is 0.306 e. The van der Waals surface area contributed by atoms with Crippen molar-refractivity contribution in [3.8, 4) is 11.5 Å². The summed E-state index contributed by atoms with van der Waals surface area (Å²) in [5.74, 6) is 1.16. The van der Waals surface area contributed by atoms with Gasteiger partial charge in [0.2, 0.25) is 0 Å². The first kappa shape index (κ1) is 60.6. The van der Waals surface area contributed by atoms with E-state index >= 15 is 0 Å². The van der Waals surface area contributed by atoms with Gasteiger partial charge in [-0.2, -0.15) is 0 Å². The summed E-state index contributed by atoms with van der Waals surface area (Å²) in [4.78, 5) is 18.4. The summed E-state index contributed by atoms with van der Waals surface area (Å²) in [6.07, 6.45) is 16.2. The molecule has 5 heteroatoms. The number of benzene rings is 2. The lowest BCUT2D eigenvalue weighted by Crippen LogP contribution is -2.36. The minimum absolute atomic E-state index is 0.0366. The highest BCUT2D eigenvalue weighted by molar-refractivity contribution is 5.71. The van der Waals surface area contributed by atoms with E-state index in [0.717, 1.165) is 106 Å². The Morgan fingerprint density at radius 1 is 0.551 bits per heavy atom. The van der Waals surface area contributed by atoms with Gasteiger partial charge in [-0.25, -0.2) is 0 Å². The van der Waals surface area contributed by atoms with Crippen LogP contribution >= 0.6 is 0 Å². The Balaban J connectivity index is 1.83. The summed E-state index contributed by atoms with van der Waals surface area (Å²) in [5, 5.41) is 11.1. The summed E-state index contributed by atoms with van der Waals surface area (Å²) in [5.41, 5.74) is 5.84. The Kier molecular flexibility index (Phi) is 21.0. The summed E-state index contributed by atoms with van der Waals surface area (Å²) in [7, 11) is 2.16. The number of ether oxygens (including phenoxy) is 1. The van der Waals surface area contributed by atoms with E-state index in [4.69, 9.17) is 4.74 Å². The Morgan fingerprint density at radius 2 is 0.913 bits per heavy atom. The second-order valence-electron chi connectivity index (χ2n) is 29.6. The van der Waals surface area contributed by atoms with E-state index in [9.17, 15) is 9.90 Å². The number of carboxylic acids is 1. The van der Waals surface area contributed by atoms with Crippen LogP contribution in [0.15, 0.2) is 36.4 Å². The average Bonchev–Trinajstić information content (AvgIpc) is 3.15. The molecule has 0 fully saturated rings. The second-order valence-corrected chi connectivity index (χ2v) is 29.6. The maximum absolute atomic E-state index is 13.5. The summed E-state index contributed by atoms with van der Waals surface area (Å²) in [6.45, 7) is 54.1. The van der Waals surface area contributed by atoms with Gasteiger partial charge in [0, 0.05) is 67.2 Å². The molecule has 2 unspecified atom stereocenters. The van der Waals surface area contributed by atoms with E-state index in [1.54, 1.807) is 0 Å². The van der Waals surface area contributed by atoms with E-state index in [1.165, 1.54) is 31.4 Å². The molecule has 1 aliphatic rings. The van der Waals surface area contributed by atoms with Gasteiger partial charge in [0.05, 0.1) is 5.92 Å². The van der Waals surface area contributed by atoms with Crippen LogP contribution in [0.2, 0.25) is 0 Å². The number of nitrogens with zero attached hydrogens (tertiary/aromatic N) is 2. The van der Waals surface area contributed by atoms with Crippen LogP contribution in [-0.2, 0) is 4.79 Å². The van der Waals surface area contributed by atoms with E-state index in [0.29, 0.717) is 29.6 Å². The molecule has 3 rings (SSSR count). The summed E-state index contributed by atoms with van der Waals surface area (Å²) >= 11 is 0. The van der Waals surface area contributed by atoms with Crippen LogP contribution in [-0.4, -0.2) is 37.8 Å². The van der Waals surface area contributed by atoms with Gasteiger partial charge >= 0.3 is 5.97 Å². The molecular weight excluding hydrogens is 845 g/mol. The molecule has 0 amide bonds. The smallest absolute Gasteiger partial charge is 0.306 e. The Hall–Kier alpha value is -2.69. The molecule has 396 valence electrons. The van der Waals surface area contributed by atoms with Crippen molar-refractivity contribution in [2.45, 2.75) is 248 Å². The fraction of sp³-hybridized carbons (Fsp3) is 0.797. The monoisotopic (exact) mass is 957 g/mol. The van der Waals surface area contributed by atoms with Gasteiger partial charge in [-0.05, 0) is 138 Å². The van der Waals surface area contributed by atoms with Crippen molar-refractivity contribution in [2.75, 3.05) is 36.5 Å². The molecule has 0 spiro atoms. The highest BCUT2D eigenvalue weighted by atomic mass is 16.5. The molecule has 0 radical (unpaired) electrons. The van der Waals surface area contributed by atoms with Crippen LogP contribution in [0, 0.1) is 55.2 Å². The van der Waals surface area contributed by atoms with Gasteiger partial charge in [-0.15, -0.1) is 0 Å². The topological polar surface area (TPSA) is 53.0 Å². The number of unbranched alkanes of at least 4 members (excludes halogenated alkanes) is 3. The van der Waals surface area contributed by atoms with Gasteiger partial charge < -0.3 is 19.6 Å². The lowest BCUT2D eigenvalue weighted by Gasteiger charge is -2.47. The first-order chi connectivity index (χ1) is 31.5. The normalized spacial score (nSPS) is 15.7. The number of fused-ring (bicyclic) bond motifs is 2. The van der Waals surface area contributed by atoms with E-state index < -0.39 is 11.9 Å². The number of hydrogen-bond acceptors (Lipinski definition) is 4. The molecule has 0 aliphatic carbocycles. The number of aliphatic carboxylic acids is 1. The Bertz CT molecular complexity index is 1900. The van der Waals surface area contributed by atoms with Crippen LogP contribution in [0.1, 0.15) is 259 Å². The number of rotatable bonds is 31. The van der Waals surface area contributed by atoms with E-state index in [2.05, 4.69) is 199 Å². The molecule has 0 aromatic heterocycles. The Morgan fingerprint density at radius 3 is 1.30 bits per heavy atom. The first-order valence-electron chi connectivity index (χ1n) is 28.1. The first-order valence-corrected chi connectivity index (χ1v) is 28.1. The average molecular weight is 958 g/mol. The molecule has 0 saturated carbocycles. The number of carboxylic acid groups (broad SMARTS) is 1. The van der Waals surface area contributed by atoms with Crippen LogP contribution in [0.4, 0.5) is 11.4 Å². The highest BCUT2D eigenvalue weighted by Gasteiger charge is 2.43. The van der Waals surface area contributed by atoms with Gasteiger partial charge in [0.25, 0.3) is 0 Å². The number of hydrogen-bond donors (Lipinski definition) is 1. The fourth-order valence-electron chi connectivity index (χ4n) is 15.2. The van der Waals surface area contributed by atoms with Crippen LogP contribution in [0.5, 0.6) is 11.5 Å². The molecule has 69 heavy (non-hydrogen) atoms. The minimum atomic E-state index is -0.691. The zero-order valence-electron chi connectivity index (χ0n) is 49.6. The fourth-order valence-corrected chi connectivity index (χ4v) is 15.2. The van der Waals surface area contributed by atoms with Crippen molar-refractivity contribution in [3.05, 3.63) is 47.5 Å². The van der Waals surface area contributed by atoms with E-state index in [-0.39, 0.29) is 38.4 Å². The van der Waals surface area contributed by atoms with Crippen LogP contribution < -0.4 is 14.5 Å². The quantitative estimate of drug-likeness (QED) is 0.0816. The zero-order valence-corrected chi connectivity index (χ0v) is 49.6. The highest BCUT2D eigenvalue weighted by Crippen LogP contribution is 2.55. The maximum atomic E-state index is 13.5. The molecular formula is C64H112N2O3. The third-order valence-corrected chi connectivity index (χ3v) is 16.1. The van der Waals surface area contributed by atoms with Crippen LogP contribution in [0.25, 0.3) is 0 Å². The Labute approximate surface area is 428 Å². The third kappa shape index (κ3) is 19.4. The third-order valence-electron chi connectivity index (χ3n) is 16.1. The van der Waals surface area contributed by atoms with Gasteiger partial charge in [-0.1, -0.05) is 177 Å². The largest absolute Gasteiger partial charge is 0.481 e. The SMILES string of the molecule is CCCCN(C)c1ccc2c(c1)Oc1cc(N(CCCC)CCCC)ccc1C2CC(CC(C)(C)CC(C)(C)CC(C)(C)CC(C)(C)CC(C)(C)CC(C)(C)CC(C)(C)CC(C)(C)C(C)C)C(=O)O. The molecule has 2 aromatic carbocycles. The van der Waals surface area contributed by atoms with Crippen molar-refractivity contribution >= 4 is 17.3 Å². The van der Waals surface area contributed by atoms with Gasteiger partial charge in [0.15, 0.2) is 0 Å². The number of anilines is 2. The molecule has 1 aliphatic heterocycles. The lowest BCUT2D eigenvalue weighted by atomic mass is 9.58. The standard InChI is InChI=1S/C64H112N2O3/c1-23-26-33-65(22)49-29-31-51-53(52-32-30-50(38-55(52)69-54(51)37-49)66(34-27-24-2)35-28-25-3)36-48(56(67)68)39-57(6,7)40-58(8,9)41-59(10,11)42-60(12,13)43-61(14,15)44-62(16,17)45-63(18,19)46-64(20,21)47(4)5/h29-32,37-38,47-48,53H,23-28,33-36,39-46H2,1-22H3,(H,67,68). The molecule has 5 nitrogen and oxygen atoms in total. The van der Waals surface area contributed by atoms with E-state index in [1.807, 2.05) is 0 Å². The predicted octanol–water partition coefficient (Wildman–Crippen LogP) is 19.6. The van der Waals surface area contributed by atoms with Crippen molar-refractivity contribution in [1.29, 1.82) is 0 Å². The van der Waals surface area contributed by atoms with Crippen molar-refractivity contribution in [1.82, 2.24) is 0 Å². The van der Waals surface area contributed by atoms with Gasteiger partial charge in [0.1, 0.15) is 11.5 Å². The minimum Gasteiger partial charge on any atom is -0.481 e. The van der Waals surface area contributed by atoms with Crippen molar-refractivity contribution < 1.29 is 14.6 Å². The molecule has 0 bridgehead atoms. The summed E-state index contributed by atoms with van der Waals surface area (Å²) in [6, 6.07) is 13.4. The zero-order chi connectivity index (χ0) is 52.6. The van der Waals surface area contributed by atoms with Crippen molar-refractivity contribution in [2.24, 2.45) is 55.2 Å². The number of carbonyl (C=O) groups is 1. The van der Waals surface area contributed by atoms with Gasteiger partial charge in [-0.3, -0.25) is 4.79 Å². The molecule has 1 heterocycles. The van der Waals surface area contributed by atoms with Crippen LogP contribution in [0.3, 0.4) is 0 Å². The molecule has 1 N–H and O–H groups in total. The predicted molar refractivity (Wildman–Crippen MR) is 303 cm³/mol. The van der Waals surface area contributed by atoms with Crippen molar-refractivity contribution in [3.63, 3.8) is 0 Å². The second kappa shape index (κ2) is 23.9. The lowest BCUT2D eigenvalue weighted by molar-refractivity contribution is -0.143. The molecule has 2 atom stereocenters.